The van der Waals surface area contributed by atoms with Crippen molar-refractivity contribution in [2.24, 2.45) is 5.14 Å². The summed E-state index contributed by atoms with van der Waals surface area (Å²) in [7, 11) is -3.56. The molecule has 1 aliphatic heterocycles. The van der Waals surface area contributed by atoms with Crippen LogP contribution in [-0.2, 0) is 10.0 Å². The van der Waals surface area contributed by atoms with Crippen molar-refractivity contribution in [2.75, 3.05) is 0 Å². The number of halogens is 1. The van der Waals surface area contributed by atoms with Crippen molar-refractivity contribution < 1.29 is 12.8 Å². The zero-order valence-electron chi connectivity index (χ0n) is 13.9. The number of hydrogen-bond acceptors (Lipinski definition) is 3. The van der Waals surface area contributed by atoms with Gasteiger partial charge in [-0.15, -0.1) is 0 Å². The molecule has 1 atom stereocenters. The van der Waals surface area contributed by atoms with Gasteiger partial charge in [-0.05, 0) is 44.1 Å². The molecule has 1 unspecified atom stereocenters. The Morgan fingerprint density at radius 1 is 1.28 bits per heavy atom. The summed E-state index contributed by atoms with van der Waals surface area (Å²) < 4.78 is 40.2. The average molecular weight is 363 g/mol. The first kappa shape index (κ1) is 16.7. The summed E-state index contributed by atoms with van der Waals surface area (Å²) in [6, 6.07) is 8.27. The zero-order chi connectivity index (χ0) is 17.7. The molecule has 1 aromatic heterocycles. The van der Waals surface area contributed by atoms with Crippen LogP contribution >= 0.6 is 0 Å². The number of imidazole rings is 1. The molecule has 0 saturated heterocycles. The number of rotatable bonds is 4. The summed E-state index contributed by atoms with van der Waals surface area (Å²) in [6.07, 6.45) is 5.90. The zero-order valence-corrected chi connectivity index (χ0v) is 14.8. The van der Waals surface area contributed by atoms with Crippen LogP contribution in [0.5, 0.6) is 0 Å². The molecule has 0 amide bonds. The third-order valence-corrected chi connectivity index (χ3v) is 7.16. The second-order valence-electron chi connectivity index (χ2n) is 7.27. The Hall–Kier alpha value is -1.73. The fourth-order valence-corrected chi connectivity index (χ4v) is 5.20. The first-order chi connectivity index (χ1) is 11.9. The quantitative estimate of drug-likeness (QED) is 0.906. The van der Waals surface area contributed by atoms with Crippen molar-refractivity contribution in [3.05, 3.63) is 42.4 Å². The maximum atomic E-state index is 15.2. The van der Waals surface area contributed by atoms with Crippen LogP contribution in [0.3, 0.4) is 0 Å². The van der Waals surface area contributed by atoms with Gasteiger partial charge in [0.25, 0.3) is 0 Å². The largest absolute Gasteiger partial charge is 0.323 e. The molecule has 1 aliphatic carbocycles. The summed E-state index contributed by atoms with van der Waals surface area (Å²) >= 11 is 0. The van der Waals surface area contributed by atoms with Crippen molar-refractivity contribution in [1.82, 2.24) is 9.55 Å². The Morgan fingerprint density at radius 3 is 2.72 bits per heavy atom. The lowest BCUT2D eigenvalue weighted by molar-refractivity contribution is 0.0914. The van der Waals surface area contributed by atoms with Gasteiger partial charge in [-0.25, -0.2) is 22.9 Å². The van der Waals surface area contributed by atoms with Gasteiger partial charge in [0.15, 0.2) is 0 Å². The van der Waals surface area contributed by atoms with E-state index < -0.39 is 20.9 Å². The SMILES string of the molecule is NS(=O)(=O)C1CCC(F)(CCC2c3ccccc3-c3cncn32)CC1. The summed E-state index contributed by atoms with van der Waals surface area (Å²) in [6.45, 7) is 0. The van der Waals surface area contributed by atoms with E-state index in [1.54, 1.807) is 0 Å². The van der Waals surface area contributed by atoms with E-state index in [9.17, 15) is 8.42 Å². The minimum Gasteiger partial charge on any atom is -0.323 e. The molecule has 2 aromatic rings. The number of benzene rings is 1. The van der Waals surface area contributed by atoms with Crippen LogP contribution in [0.1, 0.15) is 50.1 Å². The lowest BCUT2D eigenvalue weighted by Crippen LogP contribution is -2.38. The Kier molecular flexibility index (Phi) is 3.96. The lowest BCUT2D eigenvalue weighted by atomic mass is 9.81. The van der Waals surface area contributed by atoms with Crippen molar-refractivity contribution in [3.8, 4) is 11.3 Å². The van der Waals surface area contributed by atoms with E-state index in [4.69, 9.17) is 5.14 Å². The number of aromatic nitrogens is 2. The third-order valence-electron chi connectivity index (χ3n) is 5.76. The highest BCUT2D eigenvalue weighted by molar-refractivity contribution is 7.89. The van der Waals surface area contributed by atoms with Crippen molar-refractivity contribution in [3.63, 3.8) is 0 Å². The molecule has 1 fully saturated rings. The molecule has 4 rings (SSSR count). The van der Waals surface area contributed by atoms with Crippen molar-refractivity contribution in [1.29, 1.82) is 0 Å². The number of fused-ring (bicyclic) bond motifs is 3. The van der Waals surface area contributed by atoms with Gasteiger partial charge in [0, 0.05) is 5.56 Å². The highest BCUT2D eigenvalue weighted by Gasteiger charge is 2.40. The van der Waals surface area contributed by atoms with Gasteiger partial charge in [0.05, 0.1) is 29.5 Å². The minimum atomic E-state index is -3.56. The average Bonchev–Trinajstić information content (AvgIpc) is 3.14. The number of hydrogen-bond donors (Lipinski definition) is 1. The monoisotopic (exact) mass is 363 g/mol. The molecule has 2 heterocycles. The van der Waals surface area contributed by atoms with E-state index in [0.717, 1.165) is 11.3 Å². The first-order valence-electron chi connectivity index (χ1n) is 8.69. The van der Waals surface area contributed by atoms with E-state index in [-0.39, 0.29) is 18.9 Å². The second-order valence-corrected chi connectivity index (χ2v) is 9.11. The van der Waals surface area contributed by atoms with Gasteiger partial charge in [-0.1, -0.05) is 24.3 Å². The summed E-state index contributed by atoms with van der Waals surface area (Å²) in [5, 5.41) is 4.61. The highest BCUT2D eigenvalue weighted by atomic mass is 32.2. The first-order valence-corrected chi connectivity index (χ1v) is 10.3. The summed E-state index contributed by atoms with van der Waals surface area (Å²) in [5.74, 6) is 0. The van der Waals surface area contributed by atoms with Crippen LogP contribution in [0.2, 0.25) is 0 Å². The Balaban J connectivity index is 1.48. The number of nitrogens with zero attached hydrogens (tertiary/aromatic N) is 2. The van der Waals surface area contributed by atoms with E-state index in [1.165, 1.54) is 5.56 Å². The summed E-state index contributed by atoms with van der Waals surface area (Å²) in [5.41, 5.74) is 2.14. The van der Waals surface area contributed by atoms with Gasteiger partial charge in [0.2, 0.25) is 10.0 Å². The van der Waals surface area contributed by atoms with Gasteiger partial charge in [-0.3, -0.25) is 0 Å². The van der Waals surface area contributed by atoms with Crippen LogP contribution in [-0.4, -0.2) is 28.9 Å². The number of sulfonamides is 1. The van der Waals surface area contributed by atoms with Gasteiger partial charge in [-0.2, -0.15) is 0 Å². The van der Waals surface area contributed by atoms with Crippen LogP contribution < -0.4 is 5.14 Å². The standard InChI is InChI=1S/C18H22FN3O2S/c19-18(8-5-13(6-9-18)25(20,23)24)10-7-16-14-3-1-2-4-15(14)17-11-21-12-22(16)17/h1-4,11-13,16H,5-10H2,(H2,20,23,24). The second kappa shape index (κ2) is 5.92. The van der Waals surface area contributed by atoms with E-state index in [2.05, 4.69) is 21.7 Å². The number of primary sulfonamides is 1. The molecule has 2 N–H and O–H groups in total. The molecular formula is C18H22FN3O2S. The topological polar surface area (TPSA) is 78.0 Å². The normalized spacial score (nSPS) is 28.6. The fraction of sp³-hybridized carbons (Fsp3) is 0.500. The molecule has 1 aromatic carbocycles. The summed E-state index contributed by atoms with van der Waals surface area (Å²) in [4.78, 5) is 4.23. The Labute approximate surface area is 147 Å². The van der Waals surface area contributed by atoms with E-state index in [0.29, 0.717) is 25.7 Å². The molecule has 0 radical (unpaired) electrons. The number of nitrogens with two attached hydrogens (primary N) is 1. The van der Waals surface area contributed by atoms with E-state index in [1.807, 2.05) is 24.7 Å². The predicted octanol–water partition coefficient (Wildman–Crippen LogP) is 3.17. The maximum absolute atomic E-state index is 15.2. The van der Waals surface area contributed by atoms with Gasteiger partial charge < -0.3 is 4.57 Å². The molecule has 7 heteroatoms. The van der Waals surface area contributed by atoms with Gasteiger partial charge in [0.1, 0.15) is 5.67 Å². The maximum Gasteiger partial charge on any atom is 0.211 e. The van der Waals surface area contributed by atoms with Crippen LogP contribution in [0, 0.1) is 0 Å². The lowest BCUT2D eigenvalue weighted by Gasteiger charge is -2.33. The van der Waals surface area contributed by atoms with Gasteiger partial charge >= 0.3 is 0 Å². The molecule has 25 heavy (non-hydrogen) atoms. The molecule has 5 nitrogen and oxygen atoms in total. The van der Waals surface area contributed by atoms with Crippen LogP contribution in [0.15, 0.2) is 36.8 Å². The van der Waals surface area contributed by atoms with Crippen molar-refractivity contribution in [2.45, 2.75) is 55.5 Å². The highest BCUT2D eigenvalue weighted by Crippen LogP contribution is 2.44. The van der Waals surface area contributed by atoms with Crippen LogP contribution in [0.25, 0.3) is 11.3 Å². The van der Waals surface area contributed by atoms with E-state index >= 15 is 4.39 Å². The Bertz CT molecular complexity index is 885. The number of alkyl halides is 1. The van der Waals surface area contributed by atoms with Crippen LogP contribution in [0.4, 0.5) is 4.39 Å². The molecule has 1 saturated carbocycles. The third kappa shape index (κ3) is 3.00. The molecular weight excluding hydrogens is 341 g/mol. The minimum absolute atomic E-state index is 0.0947. The molecule has 0 bridgehead atoms. The smallest absolute Gasteiger partial charge is 0.211 e. The van der Waals surface area contributed by atoms with Crippen molar-refractivity contribution >= 4 is 10.0 Å². The predicted molar refractivity (Wildman–Crippen MR) is 94.2 cm³/mol. The molecule has 2 aliphatic rings. The molecule has 134 valence electrons. The molecule has 0 spiro atoms. The fourth-order valence-electron chi connectivity index (χ4n) is 4.31. The Morgan fingerprint density at radius 2 is 2.00 bits per heavy atom.